The van der Waals surface area contributed by atoms with Gasteiger partial charge in [0.25, 0.3) is 0 Å². The van der Waals surface area contributed by atoms with Crippen LogP contribution in [0.25, 0.3) is 0 Å². The summed E-state index contributed by atoms with van der Waals surface area (Å²) in [6, 6.07) is 1.65. The minimum atomic E-state index is -5.14. The van der Waals surface area contributed by atoms with Gasteiger partial charge in [0.05, 0.1) is 28.4 Å². The molecule has 1 saturated carbocycles. The van der Waals surface area contributed by atoms with Crippen molar-refractivity contribution >= 4 is 17.7 Å². The fourth-order valence-corrected chi connectivity index (χ4v) is 5.33. The smallest absolute Gasteiger partial charge is 0.416 e. The molecule has 2 atom stereocenters. The summed E-state index contributed by atoms with van der Waals surface area (Å²) in [5.41, 5.74) is -5.86. The van der Waals surface area contributed by atoms with Crippen molar-refractivity contribution in [1.82, 2.24) is 4.90 Å². The van der Waals surface area contributed by atoms with Crippen LogP contribution in [0.5, 0.6) is 0 Å². The summed E-state index contributed by atoms with van der Waals surface area (Å²) in [4.78, 5) is 28.5. The van der Waals surface area contributed by atoms with E-state index in [0.717, 1.165) is 30.0 Å². The highest BCUT2D eigenvalue weighted by Gasteiger charge is 2.48. The van der Waals surface area contributed by atoms with E-state index in [1.54, 1.807) is 20.8 Å². The van der Waals surface area contributed by atoms with E-state index in [-0.39, 0.29) is 29.7 Å². The van der Waals surface area contributed by atoms with Crippen LogP contribution in [-0.4, -0.2) is 28.5 Å². The van der Waals surface area contributed by atoms with Crippen LogP contribution in [0.4, 0.5) is 50.0 Å². The highest BCUT2D eigenvalue weighted by Crippen LogP contribution is 2.50. The van der Waals surface area contributed by atoms with Crippen LogP contribution in [0, 0.1) is 5.92 Å². The SMILES string of the molecule is CC(=O)N(Cc1cc(C(F)(F)F)cc(C(F)(F)F)c1)[C@@H]1C[C@H](C2CC2)N(C(=O)OC(C)(C)C)c2ccc(C(F)(F)F)cc21. The highest BCUT2D eigenvalue weighted by molar-refractivity contribution is 5.91. The molecule has 2 aromatic carbocycles. The van der Waals surface area contributed by atoms with E-state index in [4.69, 9.17) is 4.74 Å². The third-order valence-corrected chi connectivity index (χ3v) is 7.31. The van der Waals surface area contributed by atoms with Crippen LogP contribution in [0.1, 0.15) is 80.8 Å². The van der Waals surface area contributed by atoms with Crippen LogP contribution in [0.15, 0.2) is 36.4 Å². The lowest BCUT2D eigenvalue weighted by Gasteiger charge is -2.45. The van der Waals surface area contributed by atoms with Gasteiger partial charge in [0, 0.05) is 19.5 Å². The number of alkyl halides is 9. The molecule has 43 heavy (non-hydrogen) atoms. The Morgan fingerprint density at radius 3 is 1.81 bits per heavy atom. The molecule has 2 amide bonds. The van der Waals surface area contributed by atoms with Crippen molar-refractivity contribution in [3.63, 3.8) is 0 Å². The van der Waals surface area contributed by atoms with E-state index in [0.29, 0.717) is 25.0 Å². The Kier molecular flexibility index (Phi) is 8.24. The fourth-order valence-electron chi connectivity index (χ4n) is 5.33. The Labute approximate surface area is 241 Å². The molecule has 0 radical (unpaired) electrons. The molecule has 1 heterocycles. The molecule has 0 aromatic heterocycles. The van der Waals surface area contributed by atoms with Gasteiger partial charge in [0.1, 0.15) is 5.60 Å². The van der Waals surface area contributed by atoms with Crippen molar-refractivity contribution in [1.29, 1.82) is 0 Å². The standard InChI is InChI=1S/C29H29F9N2O3/c1-15(41)39(14-16-9-19(28(33,34)35)11-20(10-16)29(36,37)38)24-13-23(17-5-6-17)40(25(42)43-26(2,3)4)22-8-7-18(12-21(22)24)27(30,31)32/h7-12,17,23-24H,5-6,13-14H2,1-4H3/t23-,24-/m1/s1. The summed E-state index contributed by atoms with van der Waals surface area (Å²) < 4.78 is 128. The molecule has 1 aliphatic heterocycles. The van der Waals surface area contributed by atoms with Crippen molar-refractivity contribution in [3.05, 3.63) is 64.2 Å². The van der Waals surface area contributed by atoms with Crippen molar-refractivity contribution in [2.75, 3.05) is 4.90 Å². The molecule has 0 saturated heterocycles. The summed E-state index contributed by atoms with van der Waals surface area (Å²) in [5.74, 6) is -0.899. The van der Waals surface area contributed by atoms with Gasteiger partial charge in [-0.15, -0.1) is 0 Å². The molecule has 0 spiro atoms. The molecule has 2 aliphatic rings. The Bertz CT molecular complexity index is 1360. The number of fused-ring (bicyclic) bond motifs is 1. The maximum atomic E-state index is 13.8. The van der Waals surface area contributed by atoms with Crippen LogP contribution >= 0.6 is 0 Å². The van der Waals surface area contributed by atoms with E-state index < -0.39 is 77.0 Å². The fraction of sp³-hybridized carbons (Fsp3) is 0.517. The van der Waals surface area contributed by atoms with Crippen LogP contribution < -0.4 is 4.90 Å². The van der Waals surface area contributed by atoms with Gasteiger partial charge in [-0.3, -0.25) is 9.69 Å². The van der Waals surface area contributed by atoms with Crippen LogP contribution in [0.2, 0.25) is 0 Å². The number of carbonyl (C=O) groups is 2. The van der Waals surface area contributed by atoms with E-state index in [2.05, 4.69) is 0 Å². The third kappa shape index (κ3) is 7.38. The number of hydrogen-bond acceptors (Lipinski definition) is 3. The summed E-state index contributed by atoms with van der Waals surface area (Å²) in [6.45, 7) is 5.10. The average molecular weight is 625 g/mol. The minimum Gasteiger partial charge on any atom is -0.443 e. The average Bonchev–Trinajstić information content (AvgIpc) is 3.68. The second kappa shape index (κ2) is 10.9. The largest absolute Gasteiger partial charge is 0.443 e. The zero-order valence-electron chi connectivity index (χ0n) is 23.5. The van der Waals surface area contributed by atoms with Gasteiger partial charge in [0.2, 0.25) is 5.91 Å². The van der Waals surface area contributed by atoms with Gasteiger partial charge < -0.3 is 9.64 Å². The van der Waals surface area contributed by atoms with Crippen molar-refractivity contribution in [2.24, 2.45) is 5.92 Å². The normalized spacial score (nSPS) is 19.6. The first-order valence-corrected chi connectivity index (χ1v) is 13.3. The first-order valence-electron chi connectivity index (χ1n) is 13.3. The quantitative estimate of drug-likeness (QED) is 0.320. The lowest BCUT2D eigenvalue weighted by atomic mass is 9.86. The van der Waals surface area contributed by atoms with Gasteiger partial charge >= 0.3 is 24.6 Å². The molecule has 236 valence electrons. The first kappa shape index (κ1) is 32.5. The van der Waals surface area contributed by atoms with E-state index in [1.807, 2.05) is 0 Å². The number of amides is 2. The van der Waals surface area contributed by atoms with Gasteiger partial charge in [-0.25, -0.2) is 4.79 Å². The molecule has 1 aliphatic carbocycles. The van der Waals surface area contributed by atoms with Crippen molar-refractivity contribution in [2.45, 2.75) is 89.7 Å². The van der Waals surface area contributed by atoms with Gasteiger partial charge in [-0.1, -0.05) is 0 Å². The molecule has 1 fully saturated rings. The van der Waals surface area contributed by atoms with E-state index in [1.165, 1.54) is 4.90 Å². The molecule has 5 nitrogen and oxygen atoms in total. The Morgan fingerprint density at radius 2 is 1.37 bits per heavy atom. The predicted molar refractivity (Wildman–Crippen MR) is 137 cm³/mol. The molecule has 0 unspecified atom stereocenters. The Balaban J connectivity index is 1.86. The highest BCUT2D eigenvalue weighted by atomic mass is 19.4. The summed E-state index contributed by atoms with van der Waals surface area (Å²) in [6.07, 6.45) is -14.7. The maximum Gasteiger partial charge on any atom is 0.416 e. The number of benzene rings is 2. The minimum absolute atomic E-state index is 0.0154. The van der Waals surface area contributed by atoms with E-state index in [9.17, 15) is 49.1 Å². The number of hydrogen-bond donors (Lipinski definition) is 0. The molecule has 0 bridgehead atoms. The number of carbonyl (C=O) groups excluding carboxylic acids is 2. The number of nitrogens with zero attached hydrogens (tertiary/aromatic N) is 2. The number of anilines is 1. The zero-order chi connectivity index (χ0) is 32.3. The zero-order valence-corrected chi connectivity index (χ0v) is 23.5. The molecule has 0 N–H and O–H groups in total. The van der Waals surface area contributed by atoms with Gasteiger partial charge in [-0.05, 0) is 93.5 Å². The molecular formula is C29H29F9N2O3. The number of rotatable bonds is 4. The lowest BCUT2D eigenvalue weighted by molar-refractivity contribution is -0.143. The third-order valence-electron chi connectivity index (χ3n) is 7.31. The Morgan fingerprint density at radius 1 is 0.837 bits per heavy atom. The molecule has 14 heteroatoms. The summed E-state index contributed by atoms with van der Waals surface area (Å²) in [5, 5.41) is 0. The first-order chi connectivity index (χ1) is 19.6. The topological polar surface area (TPSA) is 49.9 Å². The maximum absolute atomic E-state index is 13.8. The van der Waals surface area contributed by atoms with E-state index >= 15 is 0 Å². The second-order valence-corrected chi connectivity index (χ2v) is 11.8. The molecular weight excluding hydrogens is 595 g/mol. The van der Waals surface area contributed by atoms with Gasteiger partial charge in [-0.2, -0.15) is 39.5 Å². The number of ether oxygens (including phenoxy) is 1. The number of halogens is 9. The monoisotopic (exact) mass is 624 g/mol. The summed E-state index contributed by atoms with van der Waals surface area (Å²) >= 11 is 0. The molecule has 4 rings (SSSR count). The lowest BCUT2D eigenvalue weighted by Crippen LogP contribution is -2.50. The van der Waals surface area contributed by atoms with Crippen LogP contribution in [0.3, 0.4) is 0 Å². The summed E-state index contributed by atoms with van der Waals surface area (Å²) in [7, 11) is 0. The van der Waals surface area contributed by atoms with Crippen molar-refractivity contribution in [3.8, 4) is 0 Å². The Hall–Kier alpha value is -3.45. The second-order valence-electron chi connectivity index (χ2n) is 11.8. The van der Waals surface area contributed by atoms with Crippen molar-refractivity contribution < 1.29 is 53.8 Å². The molecule has 2 aromatic rings. The predicted octanol–water partition coefficient (Wildman–Crippen LogP) is 8.76. The van der Waals surface area contributed by atoms with Gasteiger partial charge in [0.15, 0.2) is 0 Å². The van der Waals surface area contributed by atoms with Crippen LogP contribution in [-0.2, 0) is 34.6 Å².